The van der Waals surface area contributed by atoms with Crippen molar-refractivity contribution in [2.45, 2.75) is 13.8 Å². The highest BCUT2D eigenvalue weighted by molar-refractivity contribution is 9.11. The average Bonchev–Trinajstić information content (AvgIpc) is 2.53. The van der Waals surface area contributed by atoms with Crippen molar-refractivity contribution < 1.29 is 9.47 Å². The van der Waals surface area contributed by atoms with E-state index in [0.29, 0.717) is 0 Å². The van der Waals surface area contributed by atoms with Gasteiger partial charge in [-0.1, -0.05) is 12.1 Å². The zero-order chi connectivity index (χ0) is 16.0. The van der Waals surface area contributed by atoms with Crippen molar-refractivity contribution in [1.29, 1.82) is 0 Å². The zero-order valence-electron chi connectivity index (χ0n) is 12.9. The molecular weight excluding hydrogens is 408 g/mol. The molecule has 114 valence electrons. The Morgan fingerprint density at radius 3 is 1.32 bits per heavy atom. The number of rotatable bonds is 2. The fourth-order valence-corrected chi connectivity index (χ4v) is 4.78. The van der Waals surface area contributed by atoms with Crippen LogP contribution in [-0.2, 0) is 0 Å². The summed E-state index contributed by atoms with van der Waals surface area (Å²) in [5, 5.41) is 4.45. The third-order valence-electron chi connectivity index (χ3n) is 4.07. The van der Waals surface area contributed by atoms with Crippen LogP contribution in [0.1, 0.15) is 11.1 Å². The third-order valence-corrected chi connectivity index (χ3v) is 5.65. The van der Waals surface area contributed by atoms with E-state index in [-0.39, 0.29) is 0 Å². The number of hydrogen-bond acceptors (Lipinski definition) is 2. The van der Waals surface area contributed by atoms with E-state index >= 15 is 0 Å². The molecule has 4 heteroatoms. The van der Waals surface area contributed by atoms with E-state index in [4.69, 9.17) is 9.47 Å². The minimum absolute atomic E-state index is 0.825. The molecule has 0 N–H and O–H groups in total. The maximum absolute atomic E-state index is 5.58. The normalized spacial score (nSPS) is 11.2. The van der Waals surface area contributed by atoms with E-state index in [1.807, 2.05) is 12.1 Å². The molecular formula is C18H16Br2O2. The summed E-state index contributed by atoms with van der Waals surface area (Å²) < 4.78 is 13.2. The monoisotopic (exact) mass is 422 g/mol. The van der Waals surface area contributed by atoms with Gasteiger partial charge in [0.05, 0.1) is 14.2 Å². The maximum Gasteiger partial charge on any atom is 0.128 e. The molecule has 22 heavy (non-hydrogen) atoms. The Kier molecular flexibility index (Phi) is 4.08. The van der Waals surface area contributed by atoms with Crippen LogP contribution < -0.4 is 9.47 Å². The number of ether oxygens (including phenoxy) is 2. The fraction of sp³-hybridized carbons (Fsp3) is 0.222. The molecule has 0 unspecified atom stereocenters. The van der Waals surface area contributed by atoms with Gasteiger partial charge in [0, 0.05) is 30.5 Å². The lowest BCUT2D eigenvalue weighted by atomic mass is 9.96. The molecule has 0 aliphatic carbocycles. The second-order valence-electron chi connectivity index (χ2n) is 5.30. The van der Waals surface area contributed by atoms with Crippen molar-refractivity contribution in [2.24, 2.45) is 0 Å². The molecule has 0 fully saturated rings. The van der Waals surface area contributed by atoms with Crippen molar-refractivity contribution >= 4 is 53.4 Å². The van der Waals surface area contributed by atoms with Crippen molar-refractivity contribution in [1.82, 2.24) is 0 Å². The molecule has 3 aromatic carbocycles. The van der Waals surface area contributed by atoms with Gasteiger partial charge in [-0.25, -0.2) is 0 Å². The molecule has 2 nitrogen and oxygen atoms in total. The van der Waals surface area contributed by atoms with Crippen LogP contribution in [0.4, 0.5) is 0 Å². The van der Waals surface area contributed by atoms with Gasteiger partial charge in [-0.3, -0.25) is 0 Å². The highest BCUT2D eigenvalue weighted by atomic mass is 79.9. The van der Waals surface area contributed by atoms with Crippen LogP contribution in [-0.4, -0.2) is 14.2 Å². The topological polar surface area (TPSA) is 18.5 Å². The second-order valence-corrected chi connectivity index (χ2v) is 6.88. The highest BCUT2D eigenvalue weighted by Crippen LogP contribution is 2.48. The summed E-state index contributed by atoms with van der Waals surface area (Å²) in [4.78, 5) is 0. The molecule has 0 radical (unpaired) electrons. The van der Waals surface area contributed by atoms with Gasteiger partial charge in [-0.2, -0.15) is 0 Å². The SMILES string of the molecule is COc1ccc(OC)c2c(Br)c3c(C)ccc(C)c3c(Br)c12. The summed E-state index contributed by atoms with van der Waals surface area (Å²) in [5.41, 5.74) is 2.44. The molecule has 0 spiro atoms. The maximum atomic E-state index is 5.58. The summed E-state index contributed by atoms with van der Waals surface area (Å²) in [6.07, 6.45) is 0. The van der Waals surface area contributed by atoms with E-state index in [2.05, 4.69) is 57.8 Å². The first kappa shape index (κ1) is 15.6. The number of methoxy groups -OCH3 is 2. The van der Waals surface area contributed by atoms with Crippen molar-refractivity contribution in [3.05, 3.63) is 44.3 Å². The van der Waals surface area contributed by atoms with E-state index in [1.54, 1.807) is 14.2 Å². The van der Waals surface area contributed by atoms with Crippen LogP contribution in [0.2, 0.25) is 0 Å². The molecule has 0 saturated carbocycles. The van der Waals surface area contributed by atoms with Gasteiger partial charge >= 0.3 is 0 Å². The van der Waals surface area contributed by atoms with Gasteiger partial charge in [-0.05, 0) is 69.0 Å². The Morgan fingerprint density at radius 1 is 0.636 bits per heavy atom. The van der Waals surface area contributed by atoms with Gasteiger partial charge in [0.25, 0.3) is 0 Å². The molecule has 0 heterocycles. The van der Waals surface area contributed by atoms with Crippen molar-refractivity contribution in [2.75, 3.05) is 14.2 Å². The standard InChI is InChI=1S/C18H16Br2O2/c1-9-5-6-10(2)14-13(9)17(19)15-11(21-3)7-8-12(22-4)16(15)18(14)20/h5-8H,1-4H3. The molecule has 0 atom stereocenters. The average molecular weight is 424 g/mol. The number of fused-ring (bicyclic) bond motifs is 2. The molecule has 3 rings (SSSR count). The second kappa shape index (κ2) is 5.74. The largest absolute Gasteiger partial charge is 0.496 e. The van der Waals surface area contributed by atoms with E-state index < -0.39 is 0 Å². The first-order valence-electron chi connectivity index (χ1n) is 6.92. The Balaban J connectivity index is 2.71. The Morgan fingerprint density at radius 2 is 1.00 bits per heavy atom. The number of benzene rings is 3. The predicted octanol–water partition coefficient (Wildman–Crippen LogP) is 6.15. The highest BCUT2D eigenvalue weighted by Gasteiger charge is 2.20. The zero-order valence-corrected chi connectivity index (χ0v) is 16.1. The van der Waals surface area contributed by atoms with Crippen LogP contribution in [0.15, 0.2) is 33.2 Å². The first-order chi connectivity index (χ1) is 10.5. The fourth-order valence-electron chi connectivity index (χ4n) is 2.97. The molecule has 0 aliphatic rings. The molecule has 3 aromatic rings. The van der Waals surface area contributed by atoms with Gasteiger partial charge in [0.2, 0.25) is 0 Å². The smallest absolute Gasteiger partial charge is 0.128 e. The minimum atomic E-state index is 0.825. The Labute approximate surface area is 146 Å². The number of halogens is 2. The molecule has 0 bridgehead atoms. The molecule has 0 amide bonds. The van der Waals surface area contributed by atoms with Crippen LogP contribution in [0.5, 0.6) is 11.5 Å². The number of aryl methyl sites for hydroxylation is 2. The lowest BCUT2D eigenvalue weighted by Gasteiger charge is -2.18. The summed E-state index contributed by atoms with van der Waals surface area (Å²) in [6, 6.07) is 8.17. The van der Waals surface area contributed by atoms with E-state index in [0.717, 1.165) is 31.2 Å². The quantitative estimate of drug-likeness (QED) is 0.460. The Hall–Kier alpha value is -1.26. The molecule has 0 aromatic heterocycles. The van der Waals surface area contributed by atoms with Crippen LogP contribution in [0.25, 0.3) is 21.5 Å². The van der Waals surface area contributed by atoms with E-state index in [1.165, 1.54) is 21.9 Å². The Bertz CT molecular complexity index is 827. The van der Waals surface area contributed by atoms with Gasteiger partial charge in [-0.15, -0.1) is 0 Å². The van der Waals surface area contributed by atoms with Gasteiger partial charge in [0.15, 0.2) is 0 Å². The van der Waals surface area contributed by atoms with Gasteiger partial charge in [0.1, 0.15) is 11.5 Å². The third kappa shape index (κ3) is 2.12. The van der Waals surface area contributed by atoms with Crippen molar-refractivity contribution in [3.8, 4) is 11.5 Å². The number of hydrogen-bond donors (Lipinski definition) is 0. The summed E-state index contributed by atoms with van der Waals surface area (Å²) in [5.74, 6) is 1.65. The summed E-state index contributed by atoms with van der Waals surface area (Å²) >= 11 is 7.60. The van der Waals surface area contributed by atoms with Crippen molar-refractivity contribution in [3.63, 3.8) is 0 Å². The minimum Gasteiger partial charge on any atom is -0.496 e. The first-order valence-corrected chi connectivity index (χ1v) is 8.51. The summed E-state index contributed by atoms with van der Waals surface area (Å²) in [7, 11) is 3.38. The summed E-state index contributed by atoms with van der Waals surface area (Å²) in [6.45, 7) is 4.24. The molecule has 0 aliphatic heterocycles. The molecule has 0 saturated heterocycles. The van der Waals surface area contributed by atoms with Crippen LogP contribution >= 0.6 is 31.9 Å². The van der Waals surface area contributed by atoms with Crippen LogP contribution in [0.3, 0.4) is 0 Å². The van der Waals surface area contributed by atoms with Gasteiger partial charge < -0.3 is 9.47 Å². The predicted molar refractivity (Wildman–Crippen MR) is 99.4 cm³/mol. The lowest BCUT2D eigenvalue weighted by molar-refractivity contribution is 0.410. The van der Waals surface area contributed by atoms with E-state index in [9.17, 15) is 0 Å². The van der Waals surface area contributed by atoms with Crippen LogP contribution in [0, 0.1) is 13.8 Å². The lowest BCUT2D eigenvalue weighted by Crippen LogP contribution is -1.94.